The highest BCUT2D eigenvalue weighted by Gasteiger charge is 2.18. The quantitative estimate of drug-likeness (QED) is 0.444. The molecule has 0 radical (unpaired) electrons. The monoisotopic (exact) mass is 419 g/mol. The highest BCUT2D eigenvalue weighted by molar-refractivity contribution is 7.96. The van der Waals surface area contributed by atoms with Crippen LogP contribution in [0.15, 0.2) is 24.3 Å². The fourth-order valence-electron chi connectivity index (χ4n) is 1.19. The Morgan fingerprint density at radius 2 is 1.50 bits per heavy atom. The molecule has 1 aromatic heterocycles. The number of para-hydroxylation sites is 1. The highest BCUT2D eigenvalue weighted by atomic mass is 32.1. The molecule has 10 heteroatoms. The number of aliphatic carboxylic acids is 1. The first kappa shape index (κ1) is 26.4. The van der Waals surface area contributed by atoms with Crippen LogP contribution >= 0.6 is 36.6 Å². The fourth-order valence-corrected chi connectivity index (χ4v) is 2.22. The molecule has 1 heterocycles. The van der Waals surface area contributed by atoms with Crippen molar-refractivity contribution in [1.29, 1.82) is 0 Å². The molecule has 0 aliphatic carbocycles. The number of hydrogen-bond donors (Lipinski definition) is 5. The van der Waals surface area contributed by atoms with Gasteiger partial charge in [0.25, 0.3) is 10.5 Å². The van der Waals surface area contributed by atoms with Crippen molar-refractivity contribution in [3.63, 3.8) is 0 Å². The molecule has 0 saturated carbocycles. The predicted octanol–water partition coefficient (Wildman–Crippen LogP) is 4.06. The van der Waals surface area contributed by atoms with E-state index in [1.54, 1.807) is 18.3 Å². The number of primary amides is 2. The molecular weight excluding hydrogens is 394 g/mol. The number of fused-ring (bicyclic) bond motifs is 1. The summed E-state index contributed by atoms with van der Waals surface area (Å²) >= 11 is 8.00. The third-order valence-electron chi connectivity index (χ3n) is 2.24. The van der Waals surface area contributed by atoms with Gasteiger partial charge in [0.15, 0.2) is 0 Å². The van der Waals surface area contributed by atoms with Gasteiger partial charge >= 0.3 is 5.97 Å². The van der Waals surface area contributed by atoms with E-state index in [2.05, 4.69) is 80.7 Å². The maximum Gasteiger partial charge on any atom is 0.303 e. The normalized spacial score (nSPS) is 9.46. The Morgan fingerprint density at radius 3 is 1.81 bits per heavy atom. The van der Waals surface area contributed by atoms with E-state index >= 15 is 0 Å². The lowest BCUT2D eigenvalue weighted by atomic mass is 9.98. The number of carbonyl (C=O) groups excluding carboxylic acids is 2. The van der Waals surface area contributed by atoms with E-state index in [-0.39, 0.29) is 11.8 Å². The summed E-state index contributed by atoms with van der Waals surface area (Å²) < 4.78 is 1.28. The van der Waals surface area contributed by atoms with Gasteiger partial charge in [-0.05, 0) is 12.1 Å². The molecule has 0 atom stereocenters. The maximum atomic E-state index is 9.37. The molecule has 26 heavy (non-hydrogen) atoms. The highest BCUT2D eigenvalue weighted by Crippen LogP contribution is 2.30. The van der Waals surface area contributed by atoms with Gasteiger partial charge in [-0.2, -0.15) is 0 Å². The van der Waals surface area contributed by atoms with Gasteiger partial charge in [-0.25, -0.2) is 4.98 Å². The second-order valence-corrected chi connectivity index (χ2v) is 7.57. The van der Waals surface area contributed by atoms with Crippen LogP contribution < -0.4 is 11.5 Å². The molecule has 0 aliphatic heterocycles. The molecule has 2 amide bonds. The van der Waals surface area contributed by atoms with Crippen molar-refractivity contribution in [3.05, 3.63) is 29.3 Å². The number of rotatable bonds is 1. The number of aromatic nitrogens is 1. The van der Waals surface area contributed by atoms with E-state index in [0.717, 1.165) is 5.52 Å². The van der Waals surface area contributed by atoms with E-state index in [1.807, 2.05) is 6.07 Å². The minimum atomic E-state index is -0.745. The molecule has 1 aromatic carbocycles. The Balaban J connectivity index is 0. The molecule has 0 aliphatic rings. The summed E-state index contributed by atoms with van der Waals surface area (Å²) in [6.07, 6.45) is 0.222. The largest absolute Gasteiger partial charge is 0.481 e. The molecule has 5 N–H and O–H groups in total. The zero-order valence-corrected chi connectivity index (χ0v) is 17.7. The van der Waals surface area contributed by atoms with Crippen LogP contribution in [0.5, 0.6) is 0 Å². The minimum Gasteiger partial charge on any atom is -0.481 e. The Kier molecular flexibility index (Phi) is 13.7. The Bertz CT molecular complexity index is 659. The number of carbonyl (C=O) groups is 3. The molecule has 0 fully saturated rings. The van der Waals surface area contributed by atoms with Gasteiger partial charge in [0.2, 0.25) is 0 Å². The van der Waals surface area contributed by atoms with Crippen molar-refractivity contribution in [3.8, 4) is 0 Å². The fraction of sp³-hybridized carbons (Fsp3) is 0.375. The third kappa shape index (κ3) is 15.7. The van der Waals surface area contributed by atoms with Crippen molar-refractivity contribution in [2.75, 3.05) is 0 Å². The van der Waals surface area contributed by atoms with E-state index in [0.29, 0.717) is 0 Å². The first-order chi connectivity index (χ1) is 11.8. The van der Waals surface area contributed by atoms with E-state index in [9.17, 15) is 4.79 Å². The Morgan fingerprint density at radius 1 is 1.12 bits per heavy atom. The Labute approximate surface area is 168 Å². The number of carboxylic acid groups (broad SMARTS) is 1. The van der Waals surface area contributed by atoms with Crippen LogP contribution in [0.25, 0.3) is 10.2 Å². The first-order valence-corrected chi connectivity index (χ1v) is 9.06. The van der Waals surface area contributed by atoms with Gasteiger partial charge in [-0.3, -0.25) is 14.4 Å². The van der Waals surface area contributed by atoms with E-state index in [1.165, 1.54) is 9.71 Å². The van der Waals surface area contributed by atoms with Crippen LogP contribution in [0.2, 0.25) is 0 Å². The lowest BCUT2D eigenvalue weighted by Gasteiger charge is -2.13. The average Bonchev–Trinajstić information content (AvgIpc) is 2.90. The number of amides is 2. The summed E-state index contributed by atoms with van der Waals surface area (Å²) in [5.41, 5.74) is 9.97. The van der Waals surface area contributed by atoms with Gasteiger partial charge in [-0.1, -0.05) is 65.1 Å². The van der Waals surface area contributed by atoms with Gasteiger partial charge in [0.1, 0.15) is 0 Å². The summed E-state index contributed by atoms with van der Waals surface area (Å²) in [5.74, 6) is -0.745. The molecule has 0 spiro atoms. The zero-order chi connectivity index (χ0) is 20.9. The number of carboxylic acids is 1. The van der Waals surface area contributed by atoms with Crippen molar-refractivity contribution >= 4 is 63.3 Å². The smallest absolute Gasteiger partial charge is 0.303 e. The standard InChI is InChI=1S/C11H13NS.C3H6O2.2CH3NOS/c1-11(2,3)10-12-8-6-4-5-7-9(8)13-10;1-2-3(4)5;2*2-1(3)4/h4-7H,1-3H3;2H2,1H3,(H,4,5);2*(H3,2,3,4). The number of thiazole rings is 1. The Hall–Kier alpha value is -1.78. The summed E-state index contributed by atoms with van der Waals surface area (Å²) in [4.78, 5) is 32.1. The van der Waals surface area contributed by atoms with E-state index in [4.69, 9.17) is 14.7 Å². The predicted molar refractivity (Wildman–Crippen MR) is 113 cm³/mol. The van der Waals surface area contributed by atoms with Crippen LogP contribution in [0.3, 0.4) is 0 Å². The number of hydrogen-bond acceptors (Lipinski definition) is 5. The summed E-state index contributed by atoms with van der Waals surface area (Å²) in [5, 5.41) is 7.66. The molecule has 0 bridgehead atoms. The SMILES string of the molecule is CC(C)(C)c1nc2ccccc2s1.CCC(=O)O.NC(=O)S.NC(=O)S. The van der Waals surface area contributed by atoms with Gasteiger partial charge in [0.05, 0.1) is 15.2 Å². The lowest BCUT2D eigenvalue weighted by molar-refractivity contribution is -0.136. The first-order valence-electron chi connectivity index (χ1n) is 7.35. The topological polar surface area (TPSA) is 136 Å². The van der Waals surface area contributed by atoms with Crippen LogP contribution in [0, 0.1) is 0 Å². The van der Waals surface area contributed by atoms with Gasteiger partial charge in [0, 0.05) is 11.8 Å². The molecule has 0 saturated heterocycles. The van der Waals surface area contributed by atoms with Crippen molar-refractivity contribution in [2.24, 2.45) is 11.5 Å². The van der Waals surface area contributed by atoms with Crippen molar-refractivity contribution in [1.82, 2.24) is 4.98 Å². The lowest BCUT2D eigenvalue weighted by Crippen LogP contribution is -2.09. The molecular formula is C16H25N3O4S3. The van der Waals surface area contributed by atoms with Crippen LogP contribution in [0.1, 0.15) is 39.1 Å². The molecule has 2 rings (SSSR count). The molecule has 146 valence electrons. The second kappa shape index (κ2) is 13.4. The number of nitrogens with two attached hydrogens (primary N) is 2. The van der Waals surface area contributed by atoms with Crippen LogP contribution in [-0.2, 0) is 10.2 Å². The molecule has 0 unspecified atom stereocenters. The van der Waals surface area contributed by atoms with Crippen molar-refractivity contribution < 1.29 is 19.5 Å². The van der Waals surface area contributed by atoms with Crippen molar-refractivity contribution in [2.45, 2.75) is 39.5 Å². The van der Waals surface area contributed by atoms with Gasteiger partial charge < -0.3 is 16.6 Å². The molecule has 7 nitrogen and oxygen atoms in total. The summed E-state index contributed by atoms with van der Waals surface area (Å²) in [6, 6.07) is 8.30. The molecule has 2 aromatic rings. The number of thiol groups is 2. The third-order valence-corrected chi connectivity index (χ3v) is 3.70. The van der Waals surface area contributed by atoms with Gasteiger partial charge in [-0.15, -0.1) is 11.3 Å². The van der Waals surface area contributed by atoms with Crippen LogP contribution in [-0.4, -0.2) is 26.5 Å². The second-order valence-electron chi connectivity index (χ2n) is 5.66. The number of benzene rings is 1. The number of nitrogens with zero attached hydrogens (tertiary/aromatic N) is 1. The van der Waals surface area contributed by atoms with Crippen LogP contribution in [0.4, 0.5) is 9.59 Å². The minimum absolute atomic E-state index is 0.170. The maximum absolute atomic E-state index is 9.37. The zero-order valence-electron chi connectivity index (χ0n) is 15.1. The summed E-state index contributed by atoms with van der Waals surface area (Å²) in [7, 11) is 0. The van der Waals surface area contributed by atoms with E-state index < -0.39 is 16.4 Å². The summed E-state index contributed by atoms with van der Waals surface area (Å²) in [6.45, 7) is 8.20. The average molecular weight is 420 g/mol.